The number of carbonyl (C=O) groups excluding carboxylic acids is 4. The van der Waals surface area contributed by atoms with Crippen molar-refractivity contribution in [2.75, 3.05) is 34.0 Å². The summed E-state index contributed by atoms with van der Waals surface area (Å²) >= 11 is 0. The zero-order chi connectivity index (χ0) is 45.0. The Morgan fingerprint density at radius 2 is 1.13 bits per heavy atom. The van der Waals surface area contributed by atoms with Crippen LogP contribution < -0.4 is 10.6 Å². The molecule has 7 rings (SSSR count). The number of imidazole rings is 2. The van der Waals surface area contributed by atoms with Gasteiger partial charge in [0, 0.05) is 13.1 Å². The molecule has 4 atom stereocenters. The van der Waals surface area contributed by atoms with Crippen LogP contribution in [0.2, 0.25) is 0 Å². The van der Waals surface area contributed by atoms with Gasteiger partial charge < -0.3 is 39.9 Å². The monoisotopic (exact) mass is 879 g/mol. The number of methoxy groups -OCH3 is 2. The highest BCUT2D eigenvalue weighted by Crippen LogP contribution is 2.35. The van der Waals surface area contributed by atoms with Crippen LogP contribution in [0.4, 0.5) is 9.59 Å². The van der Waals surface area contributed by atoms with Crippen molar-refractivity contribution < 1.29 is 37.1 Å². The number of hydrogen-bond donors (Lipinski definition) is 4. The fraction of sp³-hybridized carbons (Fsp3) is 0.378. The van der Waals surface area contributed by atoms with Crippen LogP contribution in [-0.4, -0.2) is 113 Å². The van der Waals surface area contributed by atoms with Crippen molar-refractivity contribution in [1.29, 1.82) is 0 Å². The Hall–Kier alpha value is -6.53. The van der Waals surface area contributed by atoms with Crippen LogP contribution in [-0.2, 0) is 29.1 Å². The smallest absolute Gasteiger partial charge is 0.407 e. The van der Waals surface area contributed by atoms with Crippen LogP contribution in [0.1, 0.15) is 64.3 Å². The van der Waals surface area contributed by atoms with Gasteiger partial charge in [-0.15, -0.1) is 0 Å². The van der Waals surface area contributed by atoms with E-state index in [-0.39, 0.29) is 41.9 Å². The van der Waals surface area contributed by atoms with Crippen molar-refractivity contribution >= 4 is 34.0 Å². The molecule has 5 aromatic rings. The zero-order valence-electron chi connectivity index (χ0n) is 36.1. The average molecular weight is 880 g/mol. The summed E-state index contributed by atoms with van der Waals surface area (Å²) < 4.78 is 38.3. The Bertz CT molecular complexity index is 2520. The molecular weight excluding hydrogens is 827 g/mol. The molecule has 0 bridgehead atoms. The summed E-state index contributed by atoms with van der Waals surface area (Å²) in [5, 5.41) is 5.29. The first-order valence-electron chi connectivity index (χ1n) is 20.9. The third-order valence-electron chi connectivity index (χ3n) is 11.6. The second-order valence-corrected chi connectivity index (χ2v) is 18.3. The summed E-state index contributed by atoms with van der Waals surface area (Å²) in [7, 11) is -1.49. The van der Waals surface area contributed by atoms with E-state index in [0.717, 1.165) is 40.8 Å². The van der Waals surface area contributed by atoms with Gasteiger partial charge in [-0.05, 0) is 59.1 Å². The predicted molar refractivity (Wildman–Crippen MR) is 234 cm³/mol. The quantitative estimate of drug-likeness (QED) is 0.107. The number of hydrogen-bond acceptors (Lipinski definition) is 10. The van der Waals surface area contributed by atoms with Crippen molar-refractivity contribution in [1.82, 2.24) is 44.7 Å². The normalized spacial score (nSPS) is 17.8. The number of aromatic amines is 2. The highest BCUT2D eigenvalue weighted by atomic mass is 32.2. The number of sulfonamides is 1. The number of amides is 4. The van der Waals surface area contributed by atoms with Crippen molar-refractivity contribution in [3.8, 4) is 33.6 Å². The van der Waals surface area contributed by atoms with Crippen molar-refractivity contribution in [3.63, 3.8) is 0 Å². The fourth-order valence-corrected chi connectivity index (χ4v) is 9.46. The van der Waals surface area contributed by atoms with E-state index < -0.39 is 46.2 Å². The molecule has 0 aliphatic carbocycles. The third-order valence-corrected chi connectivity index (χ3v) is 13.4. The molecule has 0 spiro atoms. The Labute approximate surface area is 366 Å². The summed E-state index contributed by atoms with van der Waals surface area (Å²) in [6, 6.07) is 21.3. The summed E-state index contributed by atoms with van der Waals surface area (Å²) in [6.07, 6.45) is 3.59. The predicted octanol–water partition coefficient (Wildman–Crippen LogP) is 6.09. The van der Waals surface area contributed by atoms with E-state index in [1.807, 2.05) is 62.4 Å². The number of nitrogens with zero attached hydrogens (tertiary/aromatic N) is 5. The minimum absolute atomic E-state index is 0.0542. The first kappa shape index (κ1) is 44.5. The number of aromatic nitrogens is 4. The Morgan fingerprint density at radius 1 is 0.667 bits per heavy atom. The van der Waals surface area contributed by atoms with Crippen LogP contribution in [0.25, 0.3) is 33.6 Å². The minimum atomic E-state index is -3.98. The van der Waals surface area contributed by atoms with Crippen LogP contribution >= 0.6 is 0 Å². The van der Waals surface area contributed by atoms with E-state index in [2.05, 4.69) is 30.6 Å². The number of H-pyrrole nitrogens is 2. The van der Waals surface area contributed by atoms with E-state index in [1.165, 1.54) is 35.6 Å². The molecule has 3 aromatic carbocycles. The first-order chi connectivity index (χ1) is 30.2. The molecule has 63 heavy (non-hydrogen) atoms. The molecule has 17 nitrogen and oxygen atoms in total. The molecule has 2 fully saturated rings. The highest BCUT2D eigenvalue weighted by Gasteiger charge is 2.45. The number of benzene rings is 3. The van der Waals surface area contributed by atoms with Gasteiger partial charge in [0.25, 0.3) is 0 Å². The lowest BCUT2D eigenvalue weighted by Gasteiger charge is -2.30. The molecule has 4 amide bonds. The number of likely N-dealkylation sites (tertiary alicyclic amines) is 1. The van der Waals surface area contributed by atoms with Crippen molar-refractivity contribution in [3.05, 3.63) is 103 Å². The maximum atomic E-state index is 14.1. The summed E-state index contributed by atoms with van der Waals surface area (Å²) in [6.45, 7) is 7.61. The molecular formula is C45H53N9O8S. The largest absolute Gasteiger partial charge is 0.453 e. The zero-order valence-corrected chi connectivity index (χ0v) is 36.9. The molecule has 1 unspecified atom stereocenters. The molecule has 4 N–H and O–H groups in total. The lowest BCUT2D eigenvalue weighted by atomic mass is 10.0. The summed E-state index contributed by atoms with van der Waals surface area (Å²) in [5.41, 5.74) is 5.21. The average Bonchev–Trinajstić information content (AvgIpc) is 4.14. The van der Waals surface area contributed by atoms with Gasteiger partial charge >= 0.3 is 12.2 Å². The second-order valence-electron chi connectivity index (χ2n) is 16.3. The van der Waals surface area contributed by atoms with E-state index >= 15 is 0 Å². The third kappa shape index (κ3) is 9.46. The summed E-state index contributed by atoms with van der Waals surface area (Å²) in [5.74, 6) is -0.00181. The van der Waals surface area contributed by atoms with Crippen LogP contribution in [0.5, 0.6) is 0 Å². The highest BCUT2D eigenvalue weighted by molar-refractivity contribution is 7.89. The standard InChI is InChI=1S/C45H53N9O8S/c1-27(2)38(50-44(57)61-5)42(55)53-22-10-13-36(53)40-46-23-34(48-40)31-18-14-29(15-19-31)30-16-20-32(21-17-30)35-24-47-41(49-35)37-25-52(63(59,60)33-11-8-7-9-12-33)26-54(37)43(56)39(28(3)4)51-45(58)62-6/h7-9,11-12,14-21,23-24,27-28,36-39H,10,13,22,25-26H2,1-6H3,(H,46,48)(H,47,49)(H,50,57)(H,51,58)/t36-,37-,38-,39?/m0/s1. The minimum Gasteiger partial charge on any atom is -0.453 e. The van der Waals surface area contributed by atoms with Crippen LogP contribution in [0.3, 0.4) is 0 Å². The number of alkyl carbamates (subject to hydrolysis) is 2. The van der Waals surface area contributed by atoms with Gasteiger partial charge in [0.1, 0.15) is 29.8 Å². The summed E-state index contributed by atoms with van der Waals surface area (Å²) in [4.78, 5) is 71.3. The maximum absolute atomic E-state index is 14.1. The Morgan fingerprint density at radius 3 is 1.60 bits per heavy atom. The molecule has 2 aromatic heterocycles. The van der Waals surface area contributed by atoms with E-state index in [4.69, 9.17) is 9.47 Å². The first-order valence-corrected chi connectivity index (χ1v) is 22.3. The van der Waals surface area contributed by atoms with Crippen molar-refractivity contribution in [2.24, 2.45) is 11.8 Å². The molecule has 0 saturated carbocycles. The van der Waals surface area contributed by atoms with Gasteiger partial charge in [0.05, 0.1) is 55.6 Å². The van der Waals surface area contributed by atoms with Crippen LogP contribution in [0.15, 0.2) is 96.2 Å². The maximum Gasteiger partial charge on any atom is 0.407 e. The molecule has 2 saturated heterocycles. The molecule has 18 heteroatoms. The van der Waals surface area contributed by atoms with Gasteiger partial charge in [0.15, 0.2) is 0 Å². The number of rotatable bonds is 13. The van der Waals surface area contributed by atoms with Crippen LogP contribution in [0, 0.1) is 11.8 Å². The van der Waals surface area contributed by atoms with Crippen molar-refractivity contribution in [2.45, 2.75) is 69.6 Å². The van der Waals surface area contributed by atoms with Gasteiger partial charge in [-0.25, -0.2) is 28.0 Å². The Balaban J connectivity index is 1.06. The van der Waals surface area contributed by atoms with Gasteiger partial charge in [0.2, 0.25) is 21.8 Å². The fourth-order valence-electron chi connectivity index (χ4n) is 8.05. The molecule has 4 heterocycles. The molecule has 0 radical (unpaired) electrons. The van der Waals surface area contributed by atoms with E-state index in [1.54, 1.807) is 49.3 Å². The number of carbonyl (C=O) groups is 4. The number of nitrogens with one attached hydrogen (secondary N) is 4. The second kappa shape index (κ2) is 18.8. The lowest BCUT2D eigenvalue weighted by molar-refractivity contribution is -0.136. The molecule has 2 aliphatic rings. The van der Waals surface area contributed by atoms with E-state index in [0.29, 0.717) is 23.9 Å². The topological polar surface area (TPSA) is 212 Å². The molecule has 2 aliphatic heterocycles. The SMILES string of the molecule is COC(=O)NC(C(=O)N1CN(S(=O)(=O)c2ccccc2)C[C@H]1c1ncc(-c2ccc(-c3ccc(-c4cnc([C@@H]5CCCN5C(=O)[C@@H](NC(=O)OC)C(C)C)[nH]4)cc3)cc2)[nH]1)C(C)C. The number of ether oxygens (including phenoxy) is 2. The lowest BCUT2D eigenvalue weighted by Crippen LogP contribution is -2.51. The van der Waals surface area contributed by atoms with Gasteiger partial charge in [-0.3, -0.25) is 9.59 Å². The molecule has 332 valence electrons. The van der Waals surface area contributed by atoms with E-state index in [9.17, 15) is 27.6 Å². The van der Waals surface area contributed by atoms with Gasteiger partial charge in [-0.1, -0.05) is 94.4 Å². The van der Waals surface area contributed by atoms with Gasteiger partial charge in [-0.2, -0.15) is 4.31 Å². The Kier molecular flexibility index (Phi) is 13.3.